The van der Waals surface area contributed by atoms with Crippen LogP contribution in [0.1, 0.15) is 26.7 Å². The summed E-state index contributed by atoms with van der Waals surface area (Å²) in [6.07, 6.45) is -11.9. The standard InChI is InChI=1S/C7H11F5O/c1-3-5(2)13-7(11,12)4-6(8,9)10/h5H,3-4H2,1-2H3. The molecule has 0 aromatic rings. The maximum Gasteiger partial charge on any atom is 0.397 e. The van der Waals surface area contributed by atoms with Crippen molar-refractivity contribution in [3.8, 4) is 0 Å². The summed E-state index contributed by atoms with van der Waals surface area (Å²) in [7, 11) is 0. The van der Waals surface area contributed by atoms with Gasteiger partial charge in [-0.2, -0.15) is 22.0 Å². The largest absolute Gasteiger partial charge is 0.397 e. The molecule has 0 saturated carbocycles. The van der Waals surface area contributed by atoms with Crippen molar-refractivity contribution in [1.82, 2.24) is 0 Å². The van der Waals surface area contributed by atoms with Gasteiger partial charge in [0.05, 0.1) is 6.10 Å². The van der Waals surface area contributed by atoms with Gasteiger partial charge in [-0.15, -0.1) is 0 Å². The Hall–Kier alpha value is -0.390. The van der Waals surface area contributed by atoms with E-state index in [4.69, 9.17) is 0 Å². The van der Waals surface area contributed by atoms with Crippen LogP contribution in [0.2, 0.25) is 0 Å². The van der Waals surface area contributed by atoms with Gasteiger partial charge in [0, 0.05) is 0 Å². The third kappa shape index (κ3) is 6.74. The van der Waals surface area contributed by atoms with E-state index in [1.165, 1.54) is 6.92 Å². The molecule has 0 N–H and O–H groups in total. The molecule has 0 rings (SSSR count). The van der Waals surface area contributed by atoms with E-state index < -0.39 is 24.8 Å². The smallest absolute Gasteiger partial charge is 0.317 e. The Labute approximate surface area is 72.9 Å². The van der Waals surface area contributed by atoms with Crippen LogP contribution in [0.15, 0.2) is 0 Å². The maximum atomic E-state index is 12.4. The van der Waals surface area contributed by atoms with Gasteiger partial charge in [-0.3, -0.25) is 0 Å². The van der Waals surface area contributed by atoms with Crippen LogP contribution in [-0.2, 0) is 4.74 Å². The van der Waals surface area contributed by atoms with Crippen LogP contribution in [0.3, 0.4) is 0 Å². The fourth-order valence-electron chi connectivity index (χ4n) is 0.653. The summed E-state index contributed by atoms with van der Waals surface area (Å²) in [5, 5.41) is 0. The molecule has 0 saturated heterocycles. The van der Waals surface area contributed by atoms with Crippen LogP contribution in [0.25, 0.3) is 0 Å². The van der Waals surface area contributed by atoms with Crippen molar-refractivity contribution >= 4 is 0 Å². The van der Waals surface area contributed by atoms with Crippen LogP contribution >= 0.6 is 0 Å². The van der Waals surface area contributed by atoms with Gasteiger partial charge in [-0.1, -0.05) is 6.92 Å². The van der Waals surface area contributed by atoms with Crippen molar-refractivity contribution < 1.29 is 26.7 Å². The summed E-state index contributed by atoms with van der Waals surface area (Å²) in [5.74, 6) is 0. The number of ether oxygens (including phenoxy) is 1. The molecule has 0 heterocycles. The lowest BCUT2D eigenvalue weighted by atomic mass is 10.3. The van der Waals surface area contributed by atoms with Crippen molar-refractivity contribution in [2.75, 3.05) is 0 Å². The summed E-state index contributed by atoms with van der Waals surface area (Å²) in [5.41, 5.74) is 0. The molecule has 0 aliphatic heterocycles. The molecule has 80 valence electrons. The quantitative estimate of drug-likeness (QED) is 0.641. The Morgan fingerprint density at radius 3 is 1.92 bits per heavy atom. The Morgan fingerprint density at radius 2 is 1.62 bits per heavy atom. The van der Waals surface area contributed by atoms with E-state index in [2.05, 4.69) is 4.74 Å². The molecule has 0 aromatic carbocycles. The number of hydrogen-bond acceptors (Lipinski definition) is 1. The first kappa shape index (κ1) is 12.6. The zero-order chi connectivity index (χ0) is 10.7. The fraction of sp³-hybridized carbons (Fsp3) is 1.00. The van der Waals surface area contributed by atoms with Crippen molar-refractivity contribution in [3.63, 3.8) is 0 Å². The minimum atomic E-state index is -4.91. The lowest BCUT2D eigenvalue weighted by Gasteiger charge is -2.21. The van der Waals surface area contributed by atoms with Gasteiger partial charge in [0.15, 0.2) is 0 Å². The monoisotopic (exact) mass is 206 g/mol. The molecule has 0 radical (unpaired) electrons. The van der Waals surface area contributed by atoms with Gasteiger partial charge >= 0.3 is 12.3 Å². The van der Waals surface area contributed by atoms with Gasteiger partial charge < -0.3 is 4.74 Å². The molecule has 0 spiro atoms. The highest BCUT2D eigenvalue weighted by atomic mass is 19.4. The molecule has 0 bridgehead atoms. The van der Waals surface area contributed by atoms with Crippen LogP contribution < -0.4 is 0 Å². The predicted octanol–water partition coefficient (Wildman–Crippen LogP) is 3.35. The molecule has 1 unspecified atom stereocenters. The van der Waals surface area contributed by atoms with E-state index in [-0.39, 0.29) is 6.42 Å². The minimum Gasteiger partial charge on any atom is -0.317 e. The van der Waals surface area contributed by atoms with E-state index >= 15 is 0 Å². The topological polar surface area (TPSA) is 9.23 Å². The van der Waals surface area contributed by atoms with Gasteiger partial charge in [-0.05, 0) is 13.3 Å². The molecule has 1 atom stereocenters. The second kappa shape index (κ2) is 4.21. The Morgan fingerprint density at radius 1 is 1.15 bits per heavy atom. The van der Waals surface area contributed by atoms with Gasteiger partial charge in [0.25, 0.3) is 0 Å². The molecular formula is C7H11F5O. The summed E-state index contributed by atoms with van der Waals surface area (Å²) in [4.78, 5) is 0. The first-order chi connectivity index (χ1) is 5.66. The zero-order valence-corrected chi connectivity index (χ0v) is 7.29. The lowest BCUT2D eigenvalue weighted by Crippen LogP contribution is -2.31. The second-order valence-corrected chi connectivity index (χ2v) is 2.77. The number of halogens is 5. The highest BCUT2D eigenvalue weighted by Crippen LogP contribution is 2.33. The summed E-state index contributed by atoms with van der Waals surface area (Å²) in [6.45, 7) is 2.85. The molecule has 0 fully saturated rings. The number of hydrogen-bond donors (Lipinski definition) is 0. The molecule has 0 aliphatic rings. The molecule has 13 heavy (non-hydrogen) atoms. The van der Waals surface area contributed by atoms with Gasteiger partial charge in [0.2, 0.25) is 0 Å². The zero-order valence-electron chi connectivity index (χ0n) is 7.29. The molecule has 6 heteroatoms. The fourth-order valence-corrected chi connectivity index (χ4v) is 0.653. The molecule has 1 nitrogen and oxygen atoms in total. The van der Waals surface area contributed by atoms with E-state index in [0.29, 0.717) is 0 Å². The second-order valence-electron chi connectivity index (χ2n) is 2.77. The van der Waals surface area contributed by atoms with E-state index in [0.717, 1.165) is 0 Å². The third-order valence-corrected chi connectivity index (χ3v) is 1.35. The Bertz CT molecular complexity index is 153. The summed E-state index contributed by atoms with van der Waals surface area (Å²) in [6, 6.07) is 0. The van der Waals surface area contributed by atoms with Crippen molar-refractivity contribution in [2.24, 2.45) is 0 Å². The first-order valence-electron chi connectivity index (χ1n) is 3.78. The first-order valence-corrected chi connectivity index (χ1v) is 3.78. The molecule has 0 amide bonds. The van der Waals surface area contributed by atoms with Gasteiger partial charge in [0.1, 0.15) is 6.42 Å². The molecule has 0 aromatic heterocycles. The van der Waals surface area contributed by atoms with Crippen LogP contribution in [0.5, 0.6) is 0 Å². The summed E-state index contributed by atoms with van der Waals surface area (Å²) >= 11 is 0. The Kier molecular flexibility index (Phi) is 4.09. The van der Waals surface area contributed by atoms with Gasteiger partial charge in [-0.25, -0.2) is 0 Å². The van der Waals surface area contributed by atoms with E-state index in [9.17, 15) is 22.0 Å². The Balaban J connectivity index is 4.08. The van der Waals surface area contributed by atoms with Crippen molar-refractivity contribution in [3.05, 3.63) is 0 Å². The van der Waals surface area contributed by atoms with Crippen molar-refractivity contribution in [1.29, 1.82) is 0 Å². The van der Waals surface area contributed by atoms with Crippen LogP contribution in [0.4, 0.5) is 22.0 Å². The normalized spacial score (nSPS) is 15.9. The highest BCUT2D eigenvalue weighted by Gasteiger charge is 2.45. The maximum absolute atomic E-state index is 12.4. The highest BCUT2D eigenvalue weighted by molar-refractivity contribution is 4.62. The average molecular weight is 206 g/mol. The number of alkyl halides is 5. The van der Waals surface area contributed by atoms with E-state index in [1.54, 1.807) is 6.92 Å². The van der Waals surface area contributed by atoms with Crippen LogP contribution in [0, 0.1) is 0 Å². The SMILES string of the molecule is CCC(C)OC(F)(F)CC(F)(F)F. The average Bonchev–Trinajstić information content (AvgIpc) is 1.80. The lowest BCUT2D eigenvalue weighted by molar-refractivity contribution is -0.306. The minimum absolute atomic E-state index is 0.243. The molecular weight excluding hydrogens is 195 g/mol. The predicted molar refractivity (Wildman–Crippen MR) is 36.5 cm³/mol. The number of rotatable bonds is 4. The third-order valence-electron chi connectivity index (χ3n) is 1.35. The van der Waals surface area contributed by atoms with Crippen molar-refractivity contribution in [2.45, 2.75) is 45.1 Å². The van der Waals surface area contributed by atoms with E-state index in [1.807, 2.05) is 0 Å². The van der Waals surface area contributed by atoms with Crippen LogP contribution in [-0.4, -0.2) is 18.4 Å². The summed E-state index contributed by atoms with van der Waals surface area (Å²) < 4.78 is 63.4. The molecule has 0 aliphatic carbocycles.